The van der Waals surface area contributed by atoms with Crippen LogP contribution in [0.3, 0.4) is 0 Å². The molecular weight excluding hydrogens is 310 g/mol. The van der Waals surface area contributed by atoms with Crippen LogP contribution in [0.5, 0.6) is 5.75 Å². The van der Waals surface area contributed by atoms with Crippen LogP contribution >= 0.6 is 0 Å². The average molecular weight is 337 g/mol. The molecule has 1 heterocycles. The van der Waals surface area contributed by atoms with Gasteiger partial charge in [-0.15, -0.1) is 0 Å². The zero-order valence-corrected chi connectivity index (χ0v) is 14.9. The van der Waals surface area contributed by atoms with Gasteiger partial charge in [0.25, 0.3) is 0 Å². The highest BCUT2D eigenvalue weighted by Gasteiger charge is 2.53. The summed E-state index contributed by atoms with van der Waals surface area (Å²) < 4.78 is 6.25. The van der Waals surface area contributed by atoms with E-state index in [4.69, 9.17) is 4.74 Å². The average Bonchev–Trinajstić information content (AvgIpc) is 2.62. The van der Waals surface area contributed by atoms with E-state index in [1.165, 1.54) is 24.8 Å². The summed E-state index contributed by atoms with van der Waals surface area (Å²) in [5.41, 5.74) is 2.26. The molecule has 0 radical (unpaired) electrons. The molecule has 2 aliphatic rings. The summed E-state index contributed by atoms with van der Waals surface area (Å²) in [6.07, 6.45) is 3.65. The number of fused-ring (bicyclic) bond motifs is 2. The minimum atomic E-state index is -0.260. The van der Waals surface area contributed by atoms with E-state index in [0.717, 1.165) is 25.2 Å². The van der Waals surface area contributed by atoms with Crippen LogP contribution in [0.4, 0.5) is 0 Å². The number of benzene rings is 2. The first kappa shape index (κ1) is 16.6. The molecule has 2 aromatic carbocycles. The summed E-state index contributed by atoms with van der Waals surface area (Å²) in [6.45, 7) is 3.11. The lowest BCUT2D eigenvalue weighted by Gasteiger charge is -2.55. The van der Waals surface area contributed by atoms with Crippen molar-refractivity contribution >= 4 is 0 Å². The second-order valence-corrected chi connectivity index (χ2v) is 7.55. The normalized spacial score (nSPS) is 29.5. The van der Waals surface area contributed by atoms with Crippen LogP contribution in [0.25, 0.3) is 0 Å². The van der Waals surface area contributed by atoms with Gasteiger partial charge in [-0.05, 0) is 36.1 Å². The van der Waals surface area contributed by atoms with Crippen molar-refractivity contribution < 1.29 is 9.84 Å². The van der Waals surface area contributed by atoms with E-state index >= 15 is 0 Å². The molecule has 1 aliphatic carbocycles. The molecule has 0 amide bonds. The maximum Gasteiger partial charge on any atom is 0.115 e. The van der Waals surface area contributed by atoms with Gasteiger partial charge in [0.15, 0.2) is 0 Å². The van der Waals surface area contributed by atoms with Crippen molar-refractivity contribution in [2.75, 3.05) is 20.2 Å². The molecule has 4 rings (SSSR count). The molecule has 2 unspecified atom stereocenters. The highest BCUT2D eigenvalue weighted by atomic mass is 16.5. The standard InChI is InChI=1S/C22H27NO2/c1-25-22(18-9-6-12-21(24)13-18)19-10-5-11-20(22)16-23(15-19)14-17-7-3-2-4-8-17/h2-4,6-9,12-13,19-20,24H,5,10-11,14-16H2,1H3. The molecule has 1 aliphatic heterocycles. The zero-order chi connectivity index (χ0) is 17.3. The maximum atomic E-state index is 10.00. The summed E-state index contributed by atoms with van der Waals surface area (Å²) >= 11 is 0. The lowest BCUT2D eigenvalue weighted by Crippen LogP contribution is -2.58. The SMILES string of the molecule is COC1(c2cccc(O)c2)C2CCCC1CN(Cc1ccccc1)C2. The third-order valence-corrected chi connectivity index (χ3v) is 6.16. The molecule has 132 valence electrons. The van der Waals surface area contributed by atoms with Crippen LogP contribution in [0, 0.1) is 11.8 Å². The predicted octanol–water partition coefficient (Wildman–Crippen LogP) is 4.17. The van der Waals surface area contributed by atoms with Gasteiger partial charge in [-0.1, -0.05) is 48.9 Å². The van der Waals surface area contributed by atoms with Crippen molar-refractivity contribution in [3.63, 3.8) is 0 Å². The van der Waals surface area contributed by atoms with E-state index in [-0.39, 0.29) is 5.60 Å². The fourth-order valence-corrected chi connectivity index (χ4v) is 5.17. The van der Waals surface area contributed by atoms with Gasteiger partial charge < -0.3 is 9.84 Å². The summed E-state index contributed by atoms with van der Waals surface area (Å²) in [7, 11) is 1.85. The fourth-order valence-electron chi connectivity index (χ4n) is 5.17. The quantitative estimate of drug-likeness (QED) is 0.909. The number of hydrogen-bond acceptors (Lipinski definition) is 3. The molecule has 0 spiro atoms. The number of hydrogen-bond donors (Lipinski definition) is 1. The Morgan fingerprint density at radius 3 is 2.40 bits per heavy atom. The van der Waals surface area contributed by atoms with E-state index in [2.05, 4.69) is 41.3 Å². The van der Waals surface area contributed by atoms with Crippen LogP contribution in [-0.2, 0) is 16.9 Å². The minimum absolute atomic E-state index is 0.260. The van der Waals surface area contributed by atoms with Crippen molar-refractivity contribution in [2.24, 2.45) is 11.8 Å². The number of aromatic hydroxyl groups is 1. The van der Waals surface area contributed by atoms with E-state index in [1.807, 2.05) is 19.2 Å². The minimum Gasteiger partial charge on any atom is -0.508 e. The van der Waals surface area contributed by atoms with Crippen molar-refractivity contribution in [1.82, 2.24) is 4.90 Å². The second-order valence-electron chi connectivity index (χ2n) is 7.55. The predicted molar refractivity (Wildman–Crippen MR) is 99.3 cm³/mol. The first-order valence-corrected chi connectivity index (χ1v) is 9.33. The fraction of sp³-hybridized carbons (Fsp3) is 0.455. The van der Waals surface area contributed by atoms with Gasteiger partial charge in [0, 0.05) is 38.6 Å². The lowest BCUT2D eigenvalue weighted by molar-refractivity contribution is -0.170. The zero-order valence-electron chi connectivity index (χ0n) is 14.9. The van der Waals surface area contributed by atoms with E-state index in [0.29, 0.717) is 17.6 Å². The maximum absolute atomic E-state index is 10.00. The molecular formula is C22H27NO2. The molecule has 25 heavy (non-hydrogen) atoms. The Labute approximate surface area is 150 Å². The summed E-state index contributed by atoms with van der Waals surface area (Å²) in [4.78, 5) is 2.59. The van der Waals surface area contributed by atoms with Gasteiger partial charge in [-0.3, -0.25) is 4.90 Å². The number of methoxy groups -OCH3 is 1. The molecule has 1 N–H and O–H groups in total. The second kappa shape index (κ2) is 6.81. The van der Waals surface area contributed by atoms with Crippen molar-refractivity contribution in [1.29, 1.82) is 0 Å². The van der Waals surface area contributed by atoms with E-state index in [9.17, 15) is 5.11 Å². The van der Waals surface area contributed by atoms with Crippen molar-refractivity contribution in [2.45, 2.75) is 31.4 Å². The molecule has 2 fully saturated rings. The Morgan fingerprint density at radius 2 is 1.76 bits per heavy atom. The highest BCUT2D eigenvalue weighted by molar-refractivity contribution is 5.34. The van der Waals surface area contributed by atoms with E-state index in [1.54, 1.807) is 6.07 Å². The van der Waals surface area contributed by atoms with Crippen LogP contribution in [0.2, 0.25) is 0 Å². The number of rotatable bonds is 4. The monoisotopic (exact) mass is 337 g/mol. The Morgan fingerprint density at radius 1 is 1.04 bits per heavy atom. The molecule has 3 nitrogen and oxygen atoms in total. The third-order valence-electron chi connectivity index (χ3n) is 6.16. The van der Waals surface area contributed by atoms with E-state index < -0.39 is 0 Å². The van der Waals surface area contributed by atoms with Gasteiger partial charge >= 0.3 is 0 Å². The smallest absolute Gasteiger partial charge is 0.115 e. The van der Waals surface area contributed by atoms with Crippen LogP contribution in [0.1, 0.15) is 30.4 Å². The first-order chi connectivity index (χ1) is 12.2. The molecule has 2 atom stereocenters. The van der Waals surface area contributed by atoms with Gasteiger partial charge in [-0.25, -0.2) is 0 Å². The summed E-state index contributed by atoms with van der Waals surface area (Å²) in [5.74, 6) is 1.27. The molecule has 1 saturated heterocycles. The van der Waals surface area contributed by atoms with Crippen molar-refractivity contribution in [3.05, 3.63) is 65.7 Å². The summed E-state index contributed by atoms with van der Waals surface area (Å²) in [6, 6.07) is 18.4. The first-order valence-electron chi connectivity index (χ1n) is 9.33. The Balaban J connectivity index is 1.63. The number of phenolic OH excluding ortho intramolecular Hbond substituents is 1. The largest absolute Gasteiger partial charge is 0.508 e. The molecule has 2 bridgehead atoms. The van der Waals surface area contributed by atoms with Gasteiger partial charge in [-0.2, -0.15) is 0 Å². The van der Waals surface area contributed by atoms with Gasteiger partial charge in [0.2, 0.25) is 0 Å². The summed E-state index contributed by atoms with van der Waals surface area (Å²) in [5, 5.41) is 10.00. The lowest BCUT2D eigenvalue weighted by atomic mass is 9.62. The molecule has 3 heteroatoms. The van der Waals surface area contributed by atoms with Crippen molar-refractivity contribution in [3.8, 4) is 5.75 Å². The van der Waals surface area contributed by atoms with Crippen LogP contribution in [-0.4, -0.2) is 30.2 Å². The Bertz CT molecular complexity index is 701. The topological polar surface area (TPSA) is 32.7 Å². The Kier molecular flexibility index (Phi) is 4.53. The number of nitrogens with zero attached hydrogens (tertiary/aromatic N) is 1. The third kappa shape index (κ3) is 2.96. The number of piperidine rings is 1. The van der Waals surface area contributed by atoms with Crippen LogP contribution < -0.4 is 0 Å². The van der Waals surface area contributed by atoms with Gasteiger partial charge in [0.05, 0.1) is 0 Å². The Hall–Kier alpha value is -1.84. The number of likely N-dealkylation sites (tertiary alicyclic amines) is 1. The highest BCUT2D eigenvalue weighted by Crippen LogP contribution is 2.52. The number of phenols is 1. The molecule has 0 aromatic heterocycles. The van der Waals surface area contributed by atoms with Gasteiger partial charge in [0.1, 0.15) is 11.4 Å². The number of ether oxygens (including phenoxy) is 1. The molecule has 2 aromatic rings. The molecule has 1 saturated carbocycles. The van der Waals surface area contributed by atoms with Crippen LogP contribution in [0.15, 0.2) is 54.6 Å².